The molecule has 0 fully saturated rings. The highest BCUT2D eigenvalue weighted by Crippen LogP contribution is 2.33. The van der Waals surface area contributed by atoms with Crippen LogP contribution in [0.4, 0.5) is 0 Å². The number of carbonyl (C=O) groups is 1. The van der Waals surface area contributed by atoms with Gasteiger partial charge in [-0.2, -0.15) is 0 Å². The summed E-state index contributed by atoms with van der Waals surface area (Å²) in [6.45, 7) is 3.79. The number of hydrogen-bond acceptors (Lipinski definition) is 4. The van der Waals surface area contributed by atoms with Crippen molar-refractivity contribution < 1.29 is 19.4 Å². The summed E-state index contributed by atoms with van der Waals surface area (Å²) in [7, 11) is 1.68. The summed E-state index contributed by atoms with van der Waals surface area (Å²) in [6.07, 6.45) is 3.73. The van der Waals surface area contributed by atoms with Crippen molar-refractivity contribution in [3.8, 4) is 5.75 Å². The number of aryl methyl sites for hydroxylation is 1. The van der Waals surface area contributed by atoms with Crippen LogP contribution in [0.25, 0.3) is 0 Å². The number of allylic oxidation sites excluding steroid dienone is 2. The van der Waals surface area contributed by atoms with E-state index in [0.29, 0.717) is 18.1 Å². The zero-order chi connectivity index (χ0) is 16.1. The van der Waals surface area contributed by atoms with E-state index in [1.54, 1.807) is 7.11 Å². The van der Waals surface area contributed by atoms with E-state index in [1.807, 2.05) is 6.92 Å². The molecule has 2 atom stereocenters. The first-order valence-corrected chi connectivity index (χ1v) is 7.66. The standard InChI is InChI=1S/C18H24O4/c1-12-4-5-14(9-17(12)21-3)8-13(2)16-7-6-15(20)10-18(16)22-11-19/h4-5,9-10,13,16,19H,6-8,11H2,1-3H3. The minimum absolute atomic E-state index is 0.0731. The first-order chi connectivity index (χ1) is 10.5. The minimum atomic E-state index is -0.388. The molecule has 4 heteroatoms. The van der Waals surface area contributed by atoms with Crippen LogP contribution in [0.15, 0.2) is 30.0 Å². The molecule has 1 N–H and O–H groups in total. The van der Waals surface area contributed by atoms with E-state index >= 15 is 0 Å². The van der Waals surface area contributed by atoms with Crippen LogP contribution in [0.2, 0.25) is 0 Å². The van der Waals surface area contributed by atoms with Gasteiger partial charge < -0.3 is 14.6 Å². The highest BCUT2D eigenvalue weighted by atomic mass is 16.6. The van der Waals surface area contributed by atoms with Crippen LogP contribution in [-0.4, -0.2) is 24.8 Å². The van der Waals surface area contributed by atoms with Gasteiger partial charge in [-0.3, -0.25) is 4.79 Å². The van der Waals surface area contributed by atoms with Gasteiger partial charge in [0.15, 0.2) is 12.6 Å². The summed E-state index contributed by atoms with van der Waals surface area (Å²) in [5.74, 6) is 2.07. The predicted octanol–water partition coefficient (Wildman–Crippen LogP) is 3.01. The lowest BCUT2D eigenvalue weighted by Crippen LogP contribution is -2.24. The molecule has 0 radical (unpaired) electrons. The smallest absolute Gasteiger partial charge is 0.185 e. The number of benzene rings is 1. The van der Waals surface area contributed by atoms with Gasteiger partial charge in [-0.1, -0.05) is 19.1 Å². The molecular weight excluding hydrogens is 280 g/mol. The van der Waals surface area contributed by atoms with Crippen LogP contribution < -0.4 is 4.74 Å². The monoisotopic (exact) mass is 304 g/mol. The van der Waals surface area contributed by atoms with Crippen molar-refractivity contribution in [1.82, 2.24) is 0 Å². The number of aliphatic hydroxyl groups excluding tert-OH is 1. The number of rotatable bonds is 6. The third-order valence-corrected chi connectivity index (χ3v) is 4.32. The minimum Gasteiger partial charge on any atom is -0.496 e. The van der Waals surface area contributed by atoms with Crippen molar-refractivity contribution in [2.45, 2.75) is 33.1 Å². The molecule has 1 aromatic rings. The summed E-state index contributed by atoms with van der Waals surface area (Å²) in [6, 6.07) is 6.24. The van der Waals surface area contributed by atoms with Crippen LogP contribution in [-0.2, 0) is 16.0 Å². The zero-order valence-electron chi connectivity index (χ0n) is 13.5. The van der Waals surface area contributed by atoms with Crippen molar-refractivity contribution >= 4 is 5.78 Å². The maximum absolute atomic E-state index is 11.5. The Labute approximate surface area is 131 Å². The average Bonchev–Trinajstić information content (AvgIpc) is 2.49. The Balaban J connectivity index is 2.12. The molecule has 2 unspecified atom stereocenters. The third-order valence-electron chi connectivity index (χ3n) is 4.32. The van der Waals surface area contributed by atoms with E-state index < -0.39 is 0 Å². The van der Waals surface area contributed by atoms with E-state index in [-0.39, 0.29) is 18.5 Å². The second-order valence-corrected chi connectivity index (χ2v) is 5.92. The number of hydrogen-bond donors (Lipinski definition) is 1. The summed E-state index contributed by atoms with van der Waals surface area (Å²) in [4.78, 5) is 11.5. The largest absolute Gasteiger partial charge is 0.496 e. The molecule has 1 aliphatic carbocycles. The molecule has 0 aliphatic heterocycles. The van der Waals surface area contributed by atoms with E-state index in [0.717, 1.165) is 24.2 Å². The number of ether oxygens (including phenoxy) is 2. The topological polar surface area (TPSA) is 55.8 Å². The SMILES string of the molecule is COc1cc(CC(C)C2CCC(=O)C=C2OCO)ccc1C. The molecular formula is C18H24O4. The van der Waals surface area contributed by atoms with Crippen molar-refractivity contribution in [2.75, 3.05) is 13.9 Å². The lowest BCUT2D eigenvalue weighted by atomic mass is 9.80. The van der Waals surface area contributed by atoms with Gasteiger partial charge in [0.05, 0.1) is 7.11 Å². The van der Waals surface area contributed by atoms with E-state index in [4.69, 9.17) is 14.6 Å². The van der Waals surface area contributed by atoms with Crippen LogP contribution in [0.3, 0.4) is 0 Å². The summed E-state index contributed by atoms with van der Waals surface area (Å²) in [5.41, 5.74) is 2.32. The molecule has 0 aromatic heterocycles. The van der Waals surface area contributed by atoms with Crippen LogP contribution in [0, 0.1) is 18.8 Å². The maximum Gasteiger partial charge on any atom is 0.185 e. The normalized spacial score (nSPS) is 19.5. The Bertz CT molecular complexity index is 562. The first-order valence-electron chi connectivity index (χ1n) is 7.66. The molecule has 2 rings (SSSR count). The molecule has 0 spiro atoms. The van der Waals surface area contributed by atoms with Crippen molar-refractivity contribution in [3.63, 3.8) is 0 Å². The quantitative estimate of drug-likeness (QED) is 0.821. The molecule has 4 nitrogen and oxygen atoms in total. The molecule has 1 aromatic carbocycles. The number of carbonyl (C=O) groups excluding carboxylic acids is 1. The maximum atomic E-state index is 11.5. The fourth-order valence-corrected chi connectivity index (χ4v) is 3.07. The Hall–Kier alpha value is -1.81. The van der Waals surface area contributed by atoms with E-state index in [2.05, 4.69) is 25.1 Å². The van der Waals surface area contributed by atoms with Gasteiger partial charge in [0.2, 0.25) is 0 Å². The number of ketones is 1. The Morgan fingerprint density at radius 2 is 2.18 bits per heavy atom. The highest BCUT2D eigenvalue weighted by Gasteiger charge is 2.28. The van der Waals surface area contributed by atoms with Crippen molar-refractivity contribution in [2.24, 2.45) is 11.8 Å². The molecule has 0 amide bonds. The third kappa shape index (κ3) is 3.89. The second-order valence-electron chi connectivity index (χ2n) is 5.92. The lowest BCUT2D eigenvalue weighted by Gasteiger charge is -2.28. The first kappa shape index (κ1) is 16.6. The fraction of sp³-hybridized carbons (Fsp3) is 0.500. The number of aliphatic hydroxyl groups is 1. The lowest BCUT2D eigenvalue weighted by molar-refractivity contribution is -0.116. The molecule has 1 aliphatic rings. The number of methoxy groups -OCH3 is 1. The molecule has 0 saturated heterocycles. The predicted molar refractivity (Wildman–Crippen MR) is 84.6 cm³/mol. The molecule has 120 valence electrons. The van der Waals surface area contributed by atoms with Crippen LogP contribution >= 0.6 is 0 Å². The fourth-order valence-electron chi connectivity index (χ4n) is 3.07. The Morgan fingerprint density at radius 3 is 2.86 bits per heavy atom. The highest BCUT2D eigenvalue weighted by molar-refractivity contribution is 5.91. The van der Waals surface area contributed by atoms with Gasteiger partial charge in [-0.15, -0.1) is 0 Å². The van der Waals surface area contributed by atoms with Crippen LogP contribution in [0.5, 0.6) is 5.75 Å². The van der Waals surface area contributed by atoms with Crippen molar-refractivity contribution in [1.29, 1.82) is 0 Å². The summed E-state index contributed by atoms with van der Waals surface area (Å²) in [5, 5.41) is 9.00. The van der Waals surface area contributed by atoms with Gasteiger partial charge in [0, 0.05) is 18.4 Å². The van der Waals surface area contributed by atoms with Crippen molar-refractivity contribution in [3.05, 3.63) is 41.2 Å². The van der Waals surface area contributed by atoms with E-state index in [9.17, 15) is 4.79 Å². The molecule has 22 heavy (non-hydrogen) atoms. The van der Waals surface area contributed by atoms with Gasteiger partial charge in [0.25, 0.3) is 0 Å². The zero-order valence-corrected chi connectivity index (χ0v) is 13.5. The van der Waals surface area contributed by atoms with Crippen LogP contribution in [0.1, 0.15) is 30.9 Å². The molecule has 0 heterocycles. The van der Waals surface area contributed by atoms with E-state index in [1.165, 1.54) is 11.6 Å². The Kier molecular flexibility index (Phi) is 5.61. The Morgan fingerprint density at radius 1 is 1.41 bits per heavy atom. The summed E-state index contributed by atoms with van der Waals surface area (Å²) >= 11 is 0. The average molecular weight is 304 g/mol. The van der Waals surface area contributed by atoms with Gasteiger partial charge >= 0.3 is 0 Å². The summed E-state index contributed by atoms with van der Waals surface area (Å²) < 4.78 is 10.6. The molecule has 0 saturated carbocycles. The van der Waals surface area contributed by atoms with Gasteiger partial charge in [-0.05, 0) is 42.9 Å². The molecule has 0 bridgehead atoms. The van der Waals surface area contributed by atoms with Gasteiger partial charge in [0.1, 0.15) is 11.5 Å². The second kappa shape index (κ2) is 7.45. The van der Waals surface area contributed by atoms with Gasteiger partial charge in [-0.25, -0.2) is 0 Å².